The topological polar surface area (TPSA) is 27.0 Å². The van der Waals surface area contributed by atoms with Crippen LogP contribution in [0.2, 0.25) is 0 Å². The van der Waals surface area contributed by atoms with Crippen molar-refractivity contribution in [3.63, 3.8) is 0 Å². The third-order valence-electron chi connectivity index (χ3n) is 4.02. The van der Waals surface area contributed by atoms with Crippen LogP contribution in [0.25, 0.3) is 0 Å². The highest BCUT2D eigenvalue weighted by molar-refractivity contribution is 5.52. The predicted molar refractivity (Wildman–Crippen MR) is 70.9 cm³/mol. The second-order valence-corrected chi connectivity index (χ2v) is 5.41. The number of nitrogens with zero attached hydrogens (tertiary/aromatic N) is 2. The van der Waals surface area contributed by atoms with E-state index in [1.807, 2.05) is 4.90 Å². The quantitative estimate of drug-likeness (QED) is 0.811. The minimum Gasteiger partial charge on any atom is -0.369 e. The van der Waals surface area contributed by atoms with E-state index in [1.54, 1.807) is 13.1 Å². The second kappa shape index (κ2) is 5.56. The van der Waals surface area contributed by atoms with Crippen LogP contribution < -0.4 is 4.90 Å². The standard InChI is InChI=1S/C15H18F2N2/c1-10-4-3-5-12(8-10)19(2)13-7-6-11(9-18)14(16)15(13)17/h6-7,10,12H,3-5,8H2,1-2H3. The van der Waals surface area contributed by atoms with E-state index in [2.05, 4.69) is 6.92 Å². The fourth-order valence-corrected chi connectivity index (χ4v) is 2.85. The molecule has 1 aromatic carbocycles. The van der Waals surface area contributed by atoms with Crippen molar-refractivity contribution in [3.05, 3.63) is 29.3 Å². The van der Waals surface area contributed by atoms with Crippen LogP contribution in [0.3, 0.4) is 0 Å². The van der Waals surface area contributed by atoms with E-state index in [0.29, 0.717) is 5.92 Å². The summed E-state index contributed by atoms with van der Waals surface area (Å²) in [6.07, 6.45) is 4.32. The average molecular weight is 264 g/mol. The molecule has 1 fully saturated rings. The van der Waals surface area contributed by atoms with Crippen LogP contribution in [0.5, 0.6) is 0 Å². The van der Waals surface area contributed by atoms with Gasteiger partial charge in [0.15, 0.2) is 11.6 Å². The van der Waals surface area contributed by atoms with Crippen molar-refractivity contribution in [1.29, 1.82) is 5.26 Å². The Morgan fingerprint density at radius 1 is 1.26 bits per heavy atom. The third kappa shape index (κ3) is 2.70. The Morgan fingerprint density at radius 3 is 2.63 bits per heavy atom. The van der Waals surface area contributed by atoms with Crippen LogP contribution in [0.15, 0.2) is 12.1 Å². The van der Waals surface area contributed by atoms with Gasteiger partial charge in [-0.1, -0.05) is 19.8 Å². The molecule has 4 heteroatoms. The molecule has 2 nitrogen and oxygen atoms in total. The predicted octanol–water partition coefficient (Wildman–Crippen LogP) is 3.85. The fourth-order valence-electron chi connectivity index (χ4n) is 2.85. The maximum absolute atomic E-state index is 14.0. The zero-order valence-corrected chi connectivity index (χ0v) is 11.3. The first-order valence-electron chi connectivity index (χ1n) is 6.65. The first-order chi connectivity index (χ1) is 9.04. The van der Waals surface area contributed by atoms with E-state index in [-0.39, 0.29) is 17.3 Å². The fraction of sp³-hybridized carbons (Fsp3) is 0.533. The Hall–Kier alpha value is -1.63. The molecule has 0 aromatic heterocycles. The summed E-state index contributed by atoms with van der Waals surface area (Å²) in [5, 5.41) is 8.69. The molecule has 0 radical (unpaired) electrons. The van der Waals surface area contributed by atoms with E-state index in [1.165, 1.54) is 18.6 Å². The first-order valence-corrected chi connectivity index (χ1v) is 6.65. The molecule has 19 heavy (non-hydrogen) atoms. The molecule has 0 saturated heterocycles. The molecule has 0 aliphatic heterocycles. The number of benzene rings is 1. The lowest BCUT2D eigenvalue weighted by atomic mass is 9.86. The maximum Gasteiger partial charge on any atom is 0.183 e. The number of hydrogen-bond acceptors (Lipinski definition) is 2. The van der Waals surface area contributed by atoms with Crippen LogP contribution in [-0.2, 0) is 0 Å². The maximum atomic E-state index is 14.0. The number of halogens is 2. The highest BCUT2D eigenvalue weighted by Gasteiger charge is 2.25. The van der Waals surface area contributed by atoms with Gasteiger partial charge >= 0.3 is 0 Å². The van der Waals surface area contributed by atoms with Gasteiger partial charge in [0, 0.05) is 13.1 Å². The summed E-state index contributed by atoms with van der Waals surface area (Å²) in [5.74, 6) is -1.34. The molecule has 1 aliphatic carbocycles. The van der Waals surface area contributed by atoms with Crippen LogP contribution in [0.1, 0.15) is 38.2 Å². The Morgan fingerprint density at radius 2 is 2.00 bits per heavy atom. The Labute approximate surface area is 112 Å². The summed E-state index contributed by atoms with van der Waals surface area (Å²) in [6, 6.07) is 4.74. The van der Waals surface area contributed by atoms with Crippen LogP contribution in [-0.4, -0.2) is 13.1 Å². The van der Waals surface area contributed by atoms with Gasteiger partial charge in [-0.3, -0.25) is 0 Å². The lowest BCUT2D eigenvalue weighted by Gasteiger charge is -2.35. The lowest BCUT2D eigenvalue weighted by Crippen LogP contribution is -2.36. The summed E-state index contributed by atoms with van der Waals surface area (Å²) in [4.78, 5) is 1.81. The van der Waals surface area contributed by atoms with Crippen molar-refractivity contribution in [3.8, 4) is 6.07 Å². The summed E-state index contributed by atoms with van der Waals surface area (Å²) in [6.45, 7) is 2.19. The van der Waals surface area contributed by atoms with Gasteiger partial charge in [-0.2, -0.15) is 5.26 Å². The Kier molecular flexibility index (Phi) is 4.04. The zero-order valence-electron chi connectivity index (χ0n) is 11.3. The van der Waals surface area contributed by atoms with E-state index in [4.69, 9.17) is 5.26 Å². The van der Waals surface area contributed by atoms with E-state index >= 15 is 0 Å². The Balaban J connectivity index is 2.26. The van der Waals surface area contributed by atoms with Crippen molar-refractivity contribution >= 4 is 5.69 Å². The number of hydrogen-bond donors (Lipinski definition) is 0. The number of rotatable bonds is 2. The van der Waals surface area contributed by atoms with E-state index in [0.717, 1.165) is 19.3 Å². The molecule has 1 saturated carbocycles. The normalized spacial score (nSPS) is 22.9. The summed E-state index contributed by atoms with van der Waals surface area (Å²) >= 11 is 0. The zero-order chi connectivity index (χ0) is 14.0. The van der Waals surface area contributed by atoms with Crippen LogP contribution >= 0.6 is 0 Å². The molecule has 1 aliphatic rings. The van der Waals surface area contributed by atoms with Crippen molar-refractivity contribution in [2.45, 2.75) is 38.6 Å². The molecular weight excluding hydrogens is 246 g/mol. The highest BCUT2D eigenvalue weighted by Crippen LogP contribution is 2.31. The third-order valence-corrected chi connectivity index (χ3v) is 4.02. The van der Waals surface area contributed by atoms with Gasteiger partial charge in [0.1, 0.15) is 6.07 Å². The van der Waals surface area contributed by atoms with Gasteiger partial charge in [0.25, 0.3) is 0 Å². The molecule has 0 heterocycles. The second-order valence-electron chi connectivity index (χ2n) is 5.41. The van der Waals surface area contributed by atoms with Gasteiger partial charge in [-0.05, 0) is 30.9 Å². The SMILES string of the molecule is CC1CCCC(N(C)c2ccc(C#N)c(F)c2F)C1. The molecule has 2 atom stereocenters. The van der Waals surface area contributed by atoms with Crippen molar-refractivity contribution < 1.29 is 8.78 Å². The van der Waals surface area contributed by atoms with Crippen LogP contribution in [0.4, 0.5) is 14.5 Å². The van der Waals surface area contributed by atoms with Gasteiger partial charge in [-0.25, -0.2) is 8.78 Å². The van der Waals surface area contributed by atoms with Crippen molar-refractivity contribution in [1.82, 2.24) is 0 Å². The largest absolute Gasteiger partial charge is 0.369 e. The number of nitriles is 1. The van der Waals surface area contributed by atoms with Crippen molar-refractivity contribution in [2.24, 2.45) is 5.92 Å². The smallest absolute Gasteiger partial charge is 0.183 e. The highest BCUT2D eigenvalue weighted by atomic mass is 19.2. The molecule has 0 bridgehead atoms. The minimum absolute atomic E-state index is 0.241. The molecule has 2 rings (SSSR count). The number of anilines is 1. The molecule has 0 amide bonds. The first kappa shape index (κ1) is 13.8. The monoisotopic (exact) mass is 264 g/mol. The molecule has 2 unspecified atom stereocenters. The minimum atomic E-state index is -1.05. The summed E-state index contributed by atoms with van der Waals surface area (Å²) in [7, 11) is 1.80. The van der Waals surface area contributed by atoms with Crippen molar-refractivity contribution in [2.75, 3.05) is 11.9 Å². The molecular formula is C15H18F2N2. The van der Waals surface area contributed by atoms with Gasteiger partial charge < -0.3 is 4.90 Å². The van der Waals surface area contributed by atoms with E-state index < -0.39 is 11.6 Å². The van der Waals surface area contributed by atoms with Crippen LogP contribution in [0, 0.1) is 28.9 Å². The molecule has 0 N–H and O–H groups in total. The Bertz CT molecular complexity index is 508. The van der Waals surface area contributed by atoms with Gasteiger partial charge in [0.05, 0.1) is 11.3 Å². The molecule has 1 aromatic rings. The van der Waals surface area contributed by atoms with Gasteiger partial charge in [-0.15, -0.1) is 0 Å². The van der Waals surface area contributed by atoms with Gasteiger partial charge in [0.2, 0.25) is 0 Å². The summed E-state index contributed by atoms with van der Waals surface area (Å²) < 4.78 is 27.6. The molecule has 102 valence electrons. The molecule has 0 spiro atoms. The average Bonchev–Trinajstić information content (AvgIpc) is 2.41. The lowest BCUT2D eigenvalue weighted by molar-refractivity contribution is 0.334. The van der Waals surface area contributed by atoms with E-state index in [9.17, 15) is 8.78 Å². The summed E-state index contributed by atoms with van der Waals surface area (Å²) in [5.41, 5.74) is 0.00209.